The zero-order valence-electron chi connectivity index (χ0n) is 15.9. The zero-order valence-corrected chi connectivity index (χ0v) is 17.5. The Balaban J connectivity index is 1.74. The fraction of sp³-hybridized carbons (Fsp3) is 0.263. The van der Waals surface area contributed by atoms with E-state index < -0.39 is 22.5 Å². The molecule has 0 aliphatic carbocycles. The number of rotatable bonds is 7. The van der Waals surface area contributed by atoms with E-state index >= 15 is 0 Å². The summed E-state index contributed by atoms with van der Waals surface area (Å²) in [5, 5.41) is 5.04. The summed E-state index contributed by atoms with van der Waals surface area (Å²) in [5.74, 6) is -1.11. The molecule has 0 spiro atoms. The molecule has 0 radical (unpaired) electrons. The predicted octanol–water partition coefficient (Wildman–Crippen LogP) is 2.14. The molecule has 0 fully saturated rings. The van der Waals surface area contributed by atoms with Crippen molar-refractivity contribution < 1.29 is 27.1 Å². The molecule has 0 atom stereocenters. The first-order valence-electron chi connectivity index (χ1n) is 8.98. The number of ether oxygens (including phenoxy) is 1. The minimum atomic E-state index is -4.11. The Morgan fingerprint density at radius 2 is 2.00 bits per heavy atom. The molecule has 2 N–H and O–H groups in total. The minimum Gasteiger partial charge on any atom is -0.482 e. The maximum Gasteiger partial charge on any atom is 0.262 e. The van der Waals surface area contributed by atoms with Crippen LogP contribution in [0.4, 0.5) is 10.1 Å². The average molecular weight is 456 g/mol. The highest BCUT2D eigenvalue weighted by atomic mass is 35.5. The van der Waals surface area contributed by atoms with Gasteiger partial charge in [-0.25, -0.2) is 12.8 Å². The van der Waals surface area contributed by atoms with Crippen LogP contribution in [-0.4, -0.2) is 44.2 Å². The topological polar surface area (TPSA) is 105 Å². The largest absolute Gasteiger partial charge is 0.482 e. The normalized spacial score (nSPS) is 13.4. The number of nitrogens with one attached hydrogen (secondary N) is 2. The van der Waals surface area contributed by atoms with Crippen LogP contribution in [0.1, 0.15) is 12.5 Å². The van der Waals surface area contributed by atoms with Crippen LogP contribution in [0.5, 0.6) is 5.75 Å². The molecule has 0 aromatic heterocycles. The van der Waals surface area contributed by atoms with Gasteiger partial charge in [-0.3, -0.25) is 9.59 Å². The van der Waals surface area contributed by atoms with Gasteiger partial charge in [0.05, 0.1) is 17.3 Å². The molecule has 11 heteroatoms. The molecule has 2 amide bonds. The number of nitrogens with zero attached hydrogens (tertiary/aromatic N) is 1. The smallest absolute Gasteiger partial charge is 0.262 e. The number of hydrogen-bond donors (Lipinski definition) is 2. The molecule has 30 heavy (non-hydrogen) atoms. The lowest BCUT2D eigenvalue weighted by atomic mass is 10.2. The Morgan fingerprint density at radius 1 is 1.30 bits per heavy atom. The maximum absolute atomic E-state index is 13.1. The van der Waals surface area contributed by atoms with Crippen molar-refractivity contribution in [1.29, 1.82) is 0 Å². The number of anilines is 1. The summed E-state index contributed by atoms with van der Waals surface area (Å²) < 4.78 is 45.3. The molecule has 0 unspecified atom stereocenters. The van der Waals surface area contributed by atoms with Crippen LogP contribution in [0.3, 0.4) is 0 Å². The summed E-state index contributed by atoms with van der Waals surface area (Å²) in [6.07, 6.45) is 0. The molecule has 0 saturated heterocycles. The van der Waals surface area contributed by atoms with E-state index in [4.69, 9.17) is 16.3 Å². The van der Waals surface area contributed by atoms with E-state index in [1.165, 1.54) is 36.4 Å². The number of likely N-dealkylation sites (N-methyl/N-ethyl adjacent to an activating group) is 1. The van der Waals surface area contributed by atoms with Crippen LogP contribution in [-0.2, 0) is 26.2 Å². The summed E-state index contributed by atoms with van der Waals surface area (Å²) in [5.41, 5.74) is 0.947. The Hall–Kier alpha value is -2.69. The van der Waals surface area contributed by atoms with Crippen LogP contribution >= 0.6 is 11.6 Å². The third-order valence-electron chi connectivity index (χ3n) is 4.36. The van der Waals surface area contributed by atoms with Crippen molar-refractivity contribution >= 4 is 39.1 Å². The molecule has 0 saturated carbocycles. The molecule has 3 rings (SSSR count). The van der Waals surface area contributed by atoms with Crippen LogP contribution in [0.2, 0.25) is 5.02 Å². The second kappa shape index (κ2) is 8.99. The highest BCUT2D eigenvalue weighted by Gasteiger charge is 2.30. The third-order valence-corrected chi connectivity index (χ3v) is 6.75. The number of amides is 2. The van der Waals surface area contributed by atoms with E-state index in [-0.39, 0.29) is 52.8 Å². The summed E-state index contributed by atoms with van der Waals surface area (Å²) in [6, 6.07) is 8.11. The predicted molar refractivity (Wildman–Crippen MR) is 108 cm³/mol. The maximum atomic E-state index is 13.1. The van der Waals surface area contributed by atoms with Gasteiger partial charge in [-0.15, -0.1) is 0 Å². The molecule has 1 aliphatic rings. The van der Waals surface area contributed by atoms with Gasteiger partial charge < -0.3 is 15.4 Å². The highest BCUT2D eigenvalue weighted by Crippen LogP contribution is 2.36. The van der Waals surface area contributed by atoms with Crippen molar-refractivity contribution in [2.45, 2.75) is 18.4 Å². The summed E-state index contributed by atoms with van der Waals surface area (Å²) in [4.78, 5) is 23.5. The van der Waals surface area contributed by atoms with Gasteiger partial charge in [0.15, 0.2) is 6.61 Å². The second-order valence-electron chi connectivity index (χ2n) is 6.45. The summed E-state index contributed by atoms with van der Waals surface area (Å²) in [6.45, 7) is 1.08. The van der Waals surface area contributed by atoms with Crippen molar-refractivity contribution in [3.05, 3.63) is 52.8 Å². The van der Waals surface area contributed by atoms with Gasteiger partial charge >= 0.3 is 0 Å². The van der Waals surface area contributed by atoms with Crippen LogP contribution in [0.15, 0.2) is 41.3 Å². The number of carbonyl (C=O) groups is 2. The van der Waals surface area contributed by atoms with Gasteiger partial charge in [0.1, 0.15) is 16.5 Å². The molecular weight excluding hydrogens is 437 g/mol. The average Bonchev–Trinajstić information content (AvgIpc) is 2.70. The van der Waals surface area contributed by atoms with Gasteiger partial charge in [-0.05, 0) is 23.8 Å². The van der Waals surface area contributed by atoms with Gasteiger partial charge in [0, 0.05) is 19.2 Å². The number of carbonyl (C=O) groups excluding carboxylic acids is 2. The number of sulfonamides is 1. The molecular formula is C19H19ClFN3O5S. The SMILES string of the molecule is CCN(CC(=O)NCc1ccc(F)cc1)S(=O)(=O)c1cc2c(cc1Cl)NC(=O)CO2. The van der Waals surface area contributed by atoms with Crippen molar-refractivity contribution in [3.8, 4) is 5.75 Å². The van der Waals surface area contributed by atoms with Gasteiger partial charge in [0.2, 0.25) is 15.9 Å². The molecule has 1 aliphatic heterocycles. The minimum absolute atomic E-state index is 0.0251. The fourth-order valence-corrected chi connectivity index (χ4v) is 4.73. The van der Waals surface area contributed by atoms with Crippen molar-refractivity contribution in [1.82, 2.24) is 9.62 Å². The van der Waals surface area contributed by atoms with Crippen molar-refractivity contribution in [2.75, 3.05) is 25.0 Å². The van der Waals surface area contributed by atoms with E-state index in [0.29, 0.717) is 5.56 Å². The first kappa shape index (κ1) is 22.0. The van der Waals surface area contributed by atoms with Gasteiger partial charge in [-0.2, -0.15) is 4.31 Å². The molecule has 2 aromatic rings. The quantitative estimate of drug-likeness (QED) is 0.665. The van der Waals surface area contributed by atoms with Crippen LogP contribution < -0.4 is 15.4 Å². The molecule has 160 valence electrons. The Bertz CT molecular complexity index is 1080. The van der Waals surface area contributed by atoms with E-state index in [1.807, 2.05) is 0 Å². The standard InChI is InChI=1S/C19H19ClFN3O5S/c1-2-24(10-18(25)22-9-12-3-5-13(21)6-4-12)30(27,28)17-8-16-15(7-14(17)20)23-19(26)11-29-16/h3-8H,2,9-11H2,1H3,(H,22,25)(H,23,26). The molecule has 2 aromatic carbocycles. The Labute approximate surface area is 178 Å². The van der Waals surface area contributed by atoms with Crippen molar-refractivity contribution in [2.24, 2.45) is 0 Å². The number of benzene rings is 2. The lowest BCUT2D eigenvalue weighted by Gasteiger charge is -2.23. The van der Waals surface area contributed by atoms with Crippen molar-refractivity contribution in [3.63, 3.8) is 0 Å². The molecule has 8 nitrogen and oxygen atoms in total. The van der Waals surface area contributed by atoms with Gasteiger partial charge in [0.25, 0.3) is 5.91 Å². The zero-order chi connectivity index (χ0) is 21.9. The van der Waals surface area contributed by atoms with E-state index in [9.17, 15) is 22.4 Å². The number of halogens is 2. The molecule has 1 heterocycles. The van der Waals surface area contributed by atoms with Gasteiger partial charge in [-0.1, -0.05) is 30.7 Å². The Kier molecular flexibility index (Phi) is 6.59. The van der Waals surface area contributed by atoms with Crippen LogP contribution in [0.25, 0.3) is 0 Å². The van der Waals surface area contributed by atoms with E-state index in [0.717, 1.165) is 4.31 Å². The Morgan fingerprint density at radius 3 is 2.67 bits per heavy atom. The fourth-order valence-electron chi connectivity index (χ4n) is 2.80. The lowest BCUT2D eigenvalue weighted by molar-refractivity contribution is -0.121. The monoisotopic (exact) mass is 455 g/mol. The highest BCUT2D eigenvalue weighted by molar-refractivity contribution is 7.89. The first-order chi connectivity index (χ1) is 14.2. The number of hydrogen-bond acceptors (Lipinski definition) is 5. The lowest BCUT2D eigenvalue weighted by Crippen LogP contribution is -2.40. The van der Waals surface area contributed by atoms with E-state index in [2.05, 4.69) is 10.6 Å². The summed E-state index contributed by atoms with van der Waals surface area (Å²) >= 11 is 6.14. The second-order valence-corrected chi connectivity index (χ2v) is 8.76. The molecule has 0 bridgehead atoms. The van der Waals surface area contributed by atoms with Crippen LogP contribution in [0, 0.1) is 5.82 Å². The first-order valence-corrected chi connectivity index (χ1v) is 10.8. The number of fused-ring (bicyclic) bond motifs is 1. The van der Waals surface area contributed by atoms with E-state index in [1.54, 1.807) is 6.92 Å². The summed E-state index contributed by atoms with van der Waals surface area (Å²) in [7, 11) is -4.11. The third kappa shape index (κ3) is 4.89.